The molecule has 51 heavy (non-hydrogen) atoms. The molecule has 0 saturated carbocycles. The Morgan fingerprint density at radius 3 is 0.961 bits per heavy atom. The monoisotopic (exact) mass is 683 g/mol. The van der Waals surface area contributed by atoms with Crippen LogP contribution in [-0.4, -0.2) is 18.8 Å². The third kappa shape index (κ3) is 9.69. The molecule has 0 unspecified atom stereocenters. The molecular formula is C49H49NS. The van der Waals surface area contributed by atoms with Crippen molar-refractivity contribution in [1.29, 1.82) is 0 Å². The van der Waals surface area contributed by atoms with Crippen LogP contribution in [0.15, 0.2) is 150 Å². The van der Waals surface area contributed by atoms with Gasteiger partial charge in [-0.1, -0.05) is 153 Å². The fraction of sp³-hybridized carbons (Fsp3) is 0.143. The molecule has 0 spiro atoms. The van der Waals surface area contributed by atoms with Crippen LogP contribution in [0.4, 0.5) is 17.1 Å². The molecule has 256 valence electrons. The summed E-state index contributed by atoms with van der Waals surface area (Å²) < 4.78 is 0. The Labute approximate surface area is 307 Å². The van der Waals surface area contributed by atoms with Gasteiger partial charge in [-0.25, -0.2) is 10.0 Å². The maximum atomic E-state index is 2.33. The van der Waals surface area contributed by atoms with Crippen molar-refractivity contribution >= 4 is 63.5 Å². The van der Waals surface area contributed by atoms with Crippen LogP contribution in [0.25, 0.3) is 36.5 Å². The molecule has 6 rings (SSSR count). The van der Waals surface area contributed by atoms with Crippen LogP contribution in [0.2, 0.25) is 0 Å². The van der Waals surface area contributed by atoms with Crippen molar-refractivity contribution < 1.29 is 0 Å². The van der Waals surface area contributed by atoms with Crippen molar-refractivity contribution in [2.45, 2.75) is 31.6 Å². The number of hydrogen-bond donors (Lipinski definition) is 0. The molecule has 6 aromatic carbocycles. The Morgan fingerprint density at radius 2 is 0.667 bits per heavy atom. The van der Waals surface area contributed by atoms with E-state index in [-0.39, 0.29) is 0 Å². The van der Waals surface area contributed by atoms with E-state index in [1.54, 1.807) is 0 Å². The summed E-state index contributed by atoms with van der Waals surface area (Å²) in [5.74, 6) is 0.537. The second-order valence-electron chi connectivity index (χ2n) is 14.2. The van der Waals surface area contributed by atoms with Gasteiger partial charge in [0.1, 0.15) is 0 Å². The summed E-state index contributed by atoms with van der Waals surface area (Å²) in [4.78, 5) is 3.76. The van der Waals surface area contributed by atoms with E-state index >= 15 is 0 Å². The third-order valence-corrected chi connectivity index (χ3v) is 10.8. The van der Waals surface area contributed by atoms with Gasteiger partial charge in [-0.2, -0.15) is 0 Å². The number of benzene rings is 6. The summed E-state index contributed by atoms with van der Waals surface area (Å²) in [7, 11) is -0.720. The van der Waals surface area contributed by atoms with Gasteiger partial charge < -0.3 is 4.90 Å². The second-order valence-corrected chi connectivity index (χ2v) is 18.4. The SMILES string of the molecule is Cc1ccc(/C=C/c2ccc(N(c3ccc(/C=C/c4ccc(C(C)C)cc4)cc3)c3ccc(/C=C/c4ccc(S(C)(C)C)cc4)cc3)cc2)cc1. The topological polar surface area (TPSA) is 3.24 Å². The van der Waals surface area contributed by atoms with E-state index in [1.165, 1.54) is 49.4 Å². The van der Waals surface area contributed by atoms with E-state index in [0.29, 0.717) is 5.92 Å². The molecule has 0 fully saturated rings. The quantitative estimate of drug-likeness (QED) is 0.123. The maximum Gasteiger partial charge on any atom is 0.0462 e. The Kier molecular flexibility index (Phi) is 11.2. The van der Waals surface area contributed by atoms with Gasteiger partial charge in [-0.15, -0.1) is 0 Å². The molecule has 1 nitrogen and oxygen atoms in total. The van der Waals surface area contributed by atoms with Crippen molar-refractivity contribution in [3.63, 3.8) is 0 Å². The molecular weight excluding hydrogens is 635 g/mol. The van der Waals surface area contributed by atoms with Crippen LogP contribution in [0.3, 0.4) is 0 Å². The van der Waals surface area contributed by atoms with Gasteiger partial charge in [0.05, 0.1) is 0 Å². The lowest BCUT2D eigenvalue weighted by molar-refractivity contribution is 0.866. The van der Waals surface area contributed by atoms with Crippen LogP contribution in [0.1, 0.15) is 64.3 Å². The van der Waals surface area contributed by atoms with Gasteiger partial charge in [-0.3, -0.25) is 0 Å². The largest absolute Gasteiger partial charge is 0.311 e. The van der Waals surface area contributed by atoms with Crippen molar-refractivity contribution in [3.05, 3.63) is 190 Å². The molecule has 0 saturated heterocycles. The first-order valence-corrected chi connectivity index (χ1v) is 20.6. The molecule has 6 aromatic rings. The zero-order valence-electron chi connectivity index (χ0n) is 30.8. The lowest BCUT2D eigenvalue weighted by Crippen LogP contribution is -2.09. The Morgan fingerprint density at radius 1 is 0.392 bits per heavy atom. The normalized spacial score (nSPS) is 12.4. The molecule has 0 bridgehead atoms. The number of anilines is 3. The van der Waals surface area contributed by atoms with Gasteiger partial charge in [0, 0.05) is 17.1 Å². The van der Waals surface area contributed by atoms with E-state index in [9.17, 15) is 0 Å². The molecule has 0 radical (unpaired) electrons. The molecule has 0 heterocycles. The summed E-state index contributed by atoms with van der Waals surface area (Å²) in [5.41, 5.74) is 13.1. The Hall–Kier alpha value is -5.31. The van der Waals surface area contributed by atoms with Crippen LogP contribution < -0.4 is 4.90 Å². The maximum absolute atomic E-state index is 2.33. The lowest BCUT2D eigenvalue weighted by atomic mass is 10.0. The molecule has 0 amide bonds. The summed E-state index contributed by atoms with van der Waals surface area (Å²) in [6, 6.07) is 52.9. The van der Waals surface area contributed by atoms with Crippen molar-refractivity contribution in [2.24, 2.45) is 0 Å². The molecule has 2 heteroatoms. The van der Waals surface area contributed by atoms with Crippen LogP contribution in [0, 0.1) is 6.92 Å². The van der Waals surface area contributed by atoms with Crippen LogP contribution >= 0.6 is 10.0 Å². The van der Waals surface area contributed by atoms with E-state index in [4.69, 9.17) is 0 Å². The fourth-order valence-electron chi connectivity index (χ4n) is 5.88. The van der Waals surface area contributed by atoms with Crippen molar-refractivity contribution in [3.8, 4) is 0 Å². The predicted molar refractivity (Wildman–Crippen MR) is 230 cm³/mol. The highest BCUT2D eigenvalue weighted by molar-refractivity contribution is 8.32. The molecule has 0 aromatic heterocycles. The average Bonchev–Trinajstić information content (AvgIpc) is 3.14. The molecule has 0 aliphatic rings. The molecule has 0 aliphatic heterocycles. The number of rotatable bonds is 11. The van der Waals surface area contributed by atoms with E-state index in [1.807, 2.05) is 0 Å². The zero-order valence-corrected chi connectivity index (χ0v) is 31.6. The lowest BCUT2D eigenvalue weighted by Gasteiger charge is -2.26. The number of hydrogen-bond acceptors (Lipinski definition) is 1. The smallest absolute Gasteiger partial charge is 0.0462 e. The third-order valence-electron chi connectivity index (χ3n) is 9.13. The van der Waals surface area contributed by atoms with E-state index in [2.05, 4.69) is 226 Å². The van der Waals surface area contributed by atoms with Gasteiger partial charge in [0.25, 0.3) is 0 Å². The highest BCUT2D eigenvalue weighted by Gasteiger charge is 2.13. The van der Waals surface area contributed by atoms with E-state index < -0.39 is 10.0 Å². The summed E-state index contributed by atoms with van der Waals surface area (Å²) in [6.45, 7) is 6.58. The average molecular weight is 684 g/mol. The Balaban J connectivity index is 1.25. The van der Waals surface area contributed by atoms with Gasteiger partial charge in [-0.05, 0) is 124 Å². The van der Waals surface area contributed by atoms with Gasteiger partial charge >= 0.3 is 0 Å². The van der Waals surface area contributed by atoms with Crippen molar-refractivity contribution in [1.82, 2.24) is 0 Å². The molecule has 0 aliphatic carbocycles. The summed E-state index contributed by atoms with van der Waals surface area (Å²) in [6.07, 6.45) is 20.1. The number of aryl methyl sites for hydroxylation is 1. The minimum Gasteiger partial charge on any atom is -0.311 e. The first kappa shape index (κ1) is 35.5. The fourth-order valence-corrected chi connectivity index (χ4v) is 6.84. The van der Waals surface area contributed by atoms with Gasteiger partial charge in [0.15, 0.2) is 0 Å². The summed E-state index contributed by atoms with van der Waals surface area (Å²) >= 11 is 0. The minimum absolute atomic E-state index is 0.537. The first-order chi connectivity index (χ1) is 24.6. The Bertz CT molecular complexity index is 2090. The summed E-state index contributed by atoms with van der Waals surface area (Å²) in [5, 5.41) is 0. The van der Waals surface area contributed by atoms with E-state index in [0.717, 1.165) is 17.1 Å². The van der Waals surface area contributed by atoms with Gasteiger partial charge in [0.2, 0.25) is 0 Å². The zero-order chi connectivity index (χ0) is 35.8. The first-order valence-electron chi connectivity index (χ1n) is 17.7. The minimum atomic E-state index is -0.720. The number of nitrogens with zero attached hydrogens (tertiary/aromatic N) is 1. The standard InChI is InChI=1S/C49H49NS/c1-37(2)45-27-17-40(18-28-45)12-14-42-21-31-47(32-22-42)50(46-29-19-41(20-30-46)13-11-39-9-7-38(3)8-10-39)48-33-23-43(24-34-48)15-16-44-25-35-49(36-26-44)51(4,5)6/h7-37H,1-6H3/b13-11+,14-12+,16-15+. The van der Waals surface area contributed by atoms with Crippen LogP contribution in [-0.2, 0) is 0 Å². The second kappa shape index (κ2) is 16.1. The van der Waals surface area contributed by atoms with Crippen molar-refractivity contribution in [2.75, 3.05) is 23.7 Å². The molecule has 0 atom stereocenters. The van der Waals surface area contributed by atoms with Crippen LogP contribution in [0.5, 0.6) is 0 Å². The predicted octanol–water partition coefficient (Wildman–Crippen LogP) is 14.2. The highest BCUT2D eigenvalue weighted by atomic mass is 32.3. The molecule has 0 N–H and O–H groups in total. The highest BCUT2D eigenvalue weighted by Crippen LogP contribution is 2.45.